The van der Waals surface area contributed by atoms with Crippen LogP contribution in [-0.4, -0.2) is 28.9 Å². The molecule has 0 fully saturated rings. The molecule has 0 heterocycles. The highest BCUT2D eigenvalue weighted by molar-refractivity contribution is 5.99. The van der Waals surface area contributed by atoms with Crippen LogP contribution in [0.4, 0.5) is 13.2 Å². The molecule has 6 nitrogen and oxygen atoms in total. The lowest BCUT2D eigenvalue weighted by molar-refractivity contribution is -0.139. The molecule has 1 rings (SSSR count). The smallest absolute Gasteiger partial charge is 0.417 e. The molecular weight excluding hydrogens is 293 g/mol. The van der Waals surface area contributed by atoms with Gasteiger partial charge in [0.15, 0.2) is 0 Å². The first-order valence-electron chi connectivity index (χ1n) is 5.61. The first-order valence-corrected chi connectivity index (χ1v) is 5.61. The summed E-state index contributed by atoms with van der Waals surface area (Å²) in [5.41, 5.74) is 2.98. The molecule has 114 valence electrons. The third-order valence-electron chi connectivity index (χ3n) is 2.50. The highest BCUT2D eigenvalue weighted by Gasteiger charge is 2.35. The Morgan fingerprint density at radius 1 is 1.24 bits per heavy atom. The molecule has 1 atom stereocenters. The molecule has 0 saturated heterocycles. The topological polar surface area (TPSA) is 109 Å². The quantitative estimate of drug-likeness (QED) is 0.746. The average Bonchev–Trinajstić information content (AvgIpc) is 2.36. The van der Waals surface area contributed by atoms with Crippen molar-refractivity contribution in [3.8, 4) is 0 Å². The second-order valence-electron chi connectivity index (χ2n) is 4.07. The van der Waals surface area contributed by atoms with Gasteiger partial charge < -0.3 is 16.2 Å². The van der Waals surface area contributed by atoms with E-state index in [1.807, 2.05) is 5.32 Å². The zero-order valence-corrected chi connectivity index (χ0v) is 10.5. The predicted molar refractivity (Wildman–Crippen MR) is 64.1 cm³/mol. The number of primary amides is 1. The van der Waals surface area contributed by atoms with Crippen LogP contribution in [0.3, 0.4) is 0 Å². The van der Waals surface area contributed by atoms with Gasteiger partial charge in [-0.25, -0.2) is 0 Å². The maximum absolute atomic E-state index is 12.7. The van der Waals surface area contributed by atoms with Crippen LogP contribution < -0.4 is 11.1 Å². The molecule has 1 aromatic rings. The SMILES string of the molecule is NC(=O)[C@H](CC(=O)O)NC(=O)c1ccccc1C(F)(F)F. The fourth-order valence-corrected chi connectivity index (χ4v) is 1.56. The van der Waals surface area contributed by atoms with Crippen molar-refractivity contribution >= 4 is 17.8 Å². The Bertz CT molecular complexity index is 572. The number of halogens is 3. The normalized spacial score (nSPS) is 12.5. The molecule has 2 amide bonds. The van der Waals surface area contributed by atoms with Crippen molar-refractivity contribution in [3.63, 3.8) is 0 Å². The number of benzene rings is 1. The van der Waals surface area contributed by atoms with Crippen LogP contribution in [0.2, 0.25) is 0 Å². The van der Waals surface area contributed by atoms with Crippen molar-refractivity contribution in [2.45, 2.75) is 18.6 Å². The minimum Gasteiger partial charge on any atom is -0.481 e. The van der Waals surface area contributed by atoms with E-state index in [4.69, 9.17) is 10.8 Å². The van der Waals surface area contributed by atoms with Gasteiger partial charge in [-0.15, -0.1) is 0 Å². The fraction of sp³-hybridized carbons (Fsp3) is 0.250. The standard InChI is InChI=1S/C12H11F3N2O4/c13-12(14,15)7-4-2-1-3-6(7)11(21)17-8(10(16)20)5-9(18)19/h1-4,8H,5H2,(H2,16,20)(H,17,21)(H,18,19)/t8-/m0/s1. The molecule has 4 N–H and O–H groups in total. The summed E-state index contributed by atoms with van der Waals surface area (Å²) in [5, 5.41) is 10.4. The maximum Gasteiger partial charge on any atom is 0.417 e. The van der Waals surface area contributed by atoms with Gasteiger partial charge in [-0.1, -0.05) is 12.1 Å². The van der Waals surface area contributed by atoms with E-state index >= 15 is 0 Å². The van der Waals surface area contributed by atoms with Crippen molar-refractivity contribution in [1.82, 2.24) is 5.32 Å². The number of carbonyl (C=O) groups excluding carboxylic acids is 2. The summed E-state index contributed by atoms with van der Waals surface area (Å²) in [7, 11) is 0. The molecule has 0 unspecified atom stereocenters. The number of nitrogens with two attached hydrogens (primary N) is 1. The number of carboxylic acid groups (broad SMARTS) is 1. The highest BCUT2D eigenvalue weighted by Crippen LogP contribution is 2.31. The van der Waals surface area contributed by atoms with Gasteiger partial charge in [0.25, 0.3) is 5.91 Å². The number of aliphatic carboxylic acids is 1. The van der Waals surface area contributed by atoms with Crippen molar-refractivity contribution in [3.05, 3.63) is 35.4 Å². The zero-order chi connectivity index (χ0) is 16.2. The minimum atomic E-state index is -4.76. The molecule has 0 aliphatic rings. The Morgan fingerprint density at radius 3 is 2.29 bits per heavy atom. The number of hydrogen-bond donors (Lipinski definition) is 3. The van der Waals surface area contributed by atoms with Gasteiger partial charge in [-0.05, 0) is 12.1 Å². The number of carbonyl (C=O) groups is 3. The third-order valence-corrected chi connectivity index (χ3v) is 2.50. The van der Waals surface area contributed by atoms with Gasteiger partial charge in [0.05, 0.1) is 17.5 Å². The second-order valence-corrected chi connectivity index (χ2v) is 4.07. The van der Waals surface area contributed by atoms with Crippen LogP contribution in [0, 0.1) is 0 Å². The molecule has 0 saturated carbocycles. The number of hydrogen-bond acceptors (Lipinski definition) is 3. The van der Waals surface area contributed by atoms with Crippen molar-refractivity contribution in [2.75, 3.05) is 0 Å². The summed E-state index contributed by atoms with van der Waals surface area (Å²) in [6.07, 6.45) is -5.59. The van der Waals surface area contributed by atoms with E-state index in [9.17, 15) is 27.6 Å². The zero-order valence-electron chi connectivity index (χ0n) is 10.5. The number of amides is 2. The van der Waals surface area contributed by atoms with Gasteiger partial charge >= 0.3 is 12.1 Å². The lowest BCUT2D eigenvalue weighted by atomic mass is 10.1. The second kappa shape index (κ2) is 6.25. The fourth-order valence-electron chi connectivity index (χ4n) is 1.56. The van der Waals surface area contributed by atoms with E-state index in [2.05, 4.69) is 0 Å². The monoisotopic (exact) mass is 304 g/mol. The first-order chi connectivity index (χ1) is 9.62. The van der Waals surface area contributed by atoms with Crippen LogP contribution in [-0.2, 0) is 15.8 Å². The van der Waals surface area contributed by atoms with Crippen LogP contribution in [0.1, 0.15) is 22.3 Å². The average molecular weight is 304 g/mol. The number of rotatable bonds is 5. The van der Waals surface area contributed by atoms with E-state index in [-0.39, 0.29) is 0 Å². The van der Waals surface area contributed by atoms with Crippen LogP contribution in [0.5, 0.6) is 0 Å². The van der Waals surface area contributed by atoms with E-state index in [0.717, 1.165) is 12.1 Å². The van der Waals surface area contributed by atoms with Gasteiger partial charge in [-0.2, -0.15) is 13.2 Å². The van der Waals surface area contributed by atoms with Gasteiger partial charge in [0.2, 0.25) is 5.91 Å². The Balaban J connectivity index is 3.04. The summed E-state index contributed by atoms with van der Waals surface area (Å²) < 4.78 is 38.2. The van der Waals surface area contributed by atoms with Gasteiger partial charge in [-0.3, -0.25) is 14.4 Å². The Labute approximate surface area is 116 Å². The predicted octanol–water partition coefficient (Wildman–Crippen LogP) is 0.764. The van der Waals surface area contributed by atoms with Crippen LogP contribution in [0.25, 0.3) is 0 Å². The number of alkyl halides is 3. The van der Waals surface area contributed by atoms with E-state index in [0.29, 0.717) is 6.07 Å². The molecule has 0 spiro atoms. The molecule has 0 aromatic heterocycles. The molecule has 0 radical (unpaired) electrons. The van der Waals surface area contributed by atoms with E-state index < -0.39 is 47.5 Å². The van der Waals surface area contributed by atoms with E-state index in [1.54, 1.807) is 0 Å². The van der Waals surface area contributed by atoms with Crippen molar-refractivity contribution in [2.24, 2.45) is 5.73 Å². The first kappa shape index (κ1) is 16.5. The number of nitrogens with one attached hydrogen (secondary N) is 1. The molecular formula is C12H11F3N2O4. The molecule has 21 heavy (non-hydrogen) atoms. The summed E-state index contributed by atoms with van der Waals surface area (Å²) >= 11 is 0. The Hall–Kier alpha value is -2.58. The van der Waals surface area contributed by atoms with E-state index in [1.165, 1.54) is 6.07 Å². The van der Waals surface area contributed by atoms with Gasteiger partial charge in [0, 0.05) is 0 Å². The number of carboxylic acids is 1. The lowest BCUT2D eigenvalue weighted by Crippen LogP contribution is -2.46. The molecule has 9 heteroatoms. The molecule has 1 aromatic carbocycles. The summed E-state index contributed by atoms with van der Waals surface area (Å²) in [6.45, 7) is 0. The van der Waals surface area contributed by atoms with Crippen LogP contribution in [0.15, 0.2) is 24.3 Å². The van der Waals surface area contributed by atoms with Crippen molar-refractivity contribution < 1.29 is 32.7 Å². The summed E-state index contributed by atoms with van der Waals surface area (Å²) in [4.78, 5) is 33.3. The highest BCUT2D eigenvalue weighted by atomic mass is 19.4. The van der Waals surface area contributed by atoms with Crippen LogP contribution >= 0.6 is 0 Å². The summed E-state index contributed by atoms with van der Waals surface area (Å²) in [6, 6.07) is 2.32. The van der Waals surface area contributed by atoms with Crippen molar-refractivity contribution in [1.29, 1.82) is 0 Å². The third kappa shape index (κ3) is 4.48. The minimum absolute atomic E-state index is 0.700. The molecule has 0 aliphatic heterocycles. The molecule has 0 bridgehead atoms. The lowest BCUT2D eigenvalue weighted by Gasteiger charge is -2.16. The molecule has 0 aliphatic carbocycles. The summed E-state index contributed by atoms with van der Waals surface area (Å²) in [5.74, 6) is -3.81. The Kier molecular flexibility index (Phi) is 4.90. The Morgan fingerprint density at radius 2 is 1.81 bits per heavy atom. The largest absolute Gasteiger partial charge is 0.481 e. The van der Waals surface area contributed by atoms with Gasteiger partial charge in [0.1, 0.15) is 6.04 Å². The maximum atomic E-state index is 12.7.